The Hall–Kier alpha value is -2.69. The number of hydrogen-bond donors (Lipinski definition) is 1. The fourth-order valence-corrected chi connectivity index (χ4v) is 1.82. The lowest BCUT2D eigenvalue weighted by atomic mass is 9.96. The minimum atomic E-state index is -0.815. The van der Waals surface area contributed by atoms with Crippen molar-refractivity contribution in [1.82, 2.24) is 4.98 Å². The summed E-state index contributed by atoms with van der Waals surface area (Å²) >= 11 is 0. The molecule has 0 saturated heterocycles. The second-order valence-electron chi connectivity index (χ2n) is 4.04. The summed E-state index contributed by atoms with van der Waals surface area (Å²) in [5.41, 5.74) is 1.97. The number of pyridine rings is 1. The number of aliphatic hydroxyl groups is 1. The fraction of sp³-hybridized carbons (Fsp3) is 0.133. The van der Waals surface area contributed by atoms with Gasteiger partial charge in [0, 0.05) is 12.4 Å². The highest BCUT2D eigenvalue weighted by molar-refractivity contribution is 5.37. The van der Waals surface area contributed by atoms with Gasteiger partial charge in [-0.15, -0.1) is 0 Å². The Kier molecular flexibility index (Phi) is 3.87. The Morgan fingerprint density at radius 1 is 0.947 bits per heavy atom. The fourth-order valence-electron chi connectivity index (χ4n) is 1.82. The molecule has 0 spiro atoms. The molecule has 1 aromatic heterocycles. The van der Waals surface area contributed by atoms with Crippen molar-refractivity contribution in [3.63, 3.8) is 0 Å². The van der Waals surface area contributed by atoms with E-state index in [2.05, 4.69) is 4.98 Å². The lowest BCUT2D eigenvalue weighted by molar-refractivity contribution is 0.220. The number of nitriles is 2. The second-order valence-corrected chi connectivity index (χ2v) is 4.04. The van der Waals surface area contributed by atoms with E-state index in [-0.39, 0.29) is 0 Å². The van der Waals surface area contributed by atoms with E-state index < -0.39 is 12.0 Å². The largest absolute Gasteiger partial charge is 0.384 e. The molecule has 2 aromatic rings. The predicted octanol–water partition coefficient (Wildman–Crippen LogP) is 2.29. The third-order valence-electron chi connectivity index (χ3n) is 2.84. The SMILES string of the molecule is N#CC(C#N)c1cccc(C(O)c2ccncc2)c1. The molecule has 1 atom stereocenters. The van der Waals surface area contributed by atoms with E-state index in [1.165, 1.54) is 0 Å². The predicted molar refractivity (Wildman–Crippen MR) is 68.7 cm³/mol. The molecule has 0 bridgehead atoms. The Morgan fingerprint density at radius 3 is 2.21 bits per heavy atom. The van der Waals surface area contributed by atoms with Crippen molar-refractivity contribution in [2.24, 2.45) is 0 Å². The van der Waals surface area contributed by atoms with Gasteiger partial charge in [-0.25, -0.2) is 0 Å². The molecule has 0 aliphatic carbocycles. The van der Waals surface area contributed by atoms with Crippen molar-refractivity contribution in [2.75, 3.05) is 0 Å². The summed E-state index contributed by atoms with van der Waals surface area (Å²) in [6.45, 7) is 0. The Morgan fingerprint density at radius 2 is 1.58 bits per heavy atom. The third kappa shape index (κ3) is 2.77. The van der Waals surface area contributed by atoms with Crippen LogP contribution in [0.1, 0.15) is 28.7 Å². The summed E-state index contributed by atoms with van der Waals surface area (Å²) in [4.78, 5) is 3.90. The van der Waals surface area contributed by atoms with Crippen LogP contribution >= 0.6 is 0 Å². The maximum absolute atomic E-state index is 10.2. The van der Waals surface area contributed by atoms with Gasteiger partial charge in [0.2, 0.25) is 0 Å². The molecule has 1 heterocycles. The molecule has 0 amide bonds. The maximum Gasteiger partial charge on any atom is 0.158 e. The van der Waals surface area contributed by atoms with Crippen LogP contribution in [0.3, 0.4) is 0 Å². The second kappa shape index (κ2) is 5.77. The first kappa shape index (κ1) is 12.8. The Labute approximate surface area is 111 Å². The smallest absolute Gasteiger partial charge is 0.158 e. The standard InChI is InChI=1S/C15H11N3O/c16-9-14(10-17)12-2-1-3-13(8-12)15(19)11-4-6-18-7-5-11/h1-8,14-15,19H. The molecule has 0 fully saturated rings. The highest BCUT2D eigenvalue weighted by Gasteiger charge is 2.14. The zero-order valence-electron chi connectivity index (χ0n) is 10.1. The number of aromatic nitrogens is 1. The van der Waals surface area contributed by atoms with Crippen molar-refractivity contribution in [3.8, 4) is 12.1 Å². The summed E-state index contributed by atoms with van der Waals surface area (Å²) in [6, 6.07) is 14.2. The molecule has 19 heavy (non-hydrogen) atoms. The maximum atomic E-state index is 10.2. The molecule has 4 heteroatoms. The molecule has 0 radical (unpaired) electrons. The molecule has 0 aliphatic rings. The van der Waals surface area contributed by atoms with Crippen LogP contribution in [-0.4, -0.2) is 10.1 Å². The van der Waals surface area contributed by atoms with Gasteiger partial charge in [0.15, 0.2) is 5.92 Å². The number of hydrogen-bond acceptors (Lipinski definition) is 4. The van der Waals surface area contributed by atoms with Crippen molar-refractivity contribution in [3.05, 3.63) is 65.5 Å². The highest BCUT2D eigenvalue weighted by Crippen LogP contribution is 2.24. The van der Waals surface area contributed by atoms with Crippen molar-refractivity contribution in [1.29, 1.82) is 10.5 Å². The molecule has 4 nitrogen and oxygen atoms in total. The number of rotatable bonds is 3. The lowest BCUT2D eigenvalue weighted by Crippen LogP contribution is -2.01. The van der Waals surface area contributed by atoms with Crippen LogP contribution in [0.25, 0.3) is 0 Å². The van der Waals surface area contributed by atoms with E-state index in [1.807, 2.05) is 12.1 Å². The average molecular weight is 249 g/mol. The molecule has 0 saturated carbocycles. The minimum absolute atomic E-state index is 0.593. The molecule has 1 aromatic carbocycles. The Bertz CT molecular complexity index is 626. The third-order valence-corrected chi connectivity index (χ3v) is 2.84. The minimum Gasteiger partial charge on any atom is -0.384 e. The van der Waals surface area contributed by atoms with E-state index >= 15 is 0 Å². The first-order valence-corrected chi connectivity index (χ1v) is 5.73. The van der Waals surface area contributed by atoms with Gasteiger partial charge in [0.25, 0.3) is 0 Å². The Balaban J connectivity index is 2.35. The van der Waals surface area contributed by atoms with Gasteiger partial charge in [-0.05, 0) is 28.8 Å². The first-order chi connectivity index (χ1) is 9.26. The zero-order valence-corrected chi connectivity index (χ0v) is 10.1. The molecule has 2 rings (SSSR count). The van der Waals surface area contributed by atoms with E-state index in [4.69, 9.17) is 10.5 Å². The summed E-state index contributed by atoms with van der Waals surface area (Å²) in [6.07, 6.45) is 2.42. The van der Waals surface area contributed by atoms with E-state index in [0.29, 0.717) is 11.1 Å². The van der Waals surface area contributed by atoms with Gasteiger partial charge in [-0.2, -0.15) is 10.5 Å². The number of benzene rings is 1. The van der Waals surface area contributed by atoms with Crippen LogP contribution in [0.4, 0.5) is 0 Å². The van der Waals surface area contributed by atoms with Crippen LogP contribution in [0.2, 0.25) is 0 Å². The van der Waals surface area contributed by atoms with Gasteiger partial charge >= 0.3 is 0 Å². The average Bonchev–Trinajstić information content (AvgIpc) is 2.49. The van der Waals surface area contributed by atoms with Gasteiger partial charge in [-0.1, -0.05) is 24.3 Å². The van der Waals surface area contributed by atoms with E-state index in [1.54, 1.807) is 48.8 Å². The monoisotopic (exact) mass is 249 g/mol. The van der Waals surface area contributed by atoms with Crippen LogP contribution in [0.5, 0.6) is 0 Å². The zero-order chi connectivity index (χ0) is 13.7. The van der Waals surface area contributed by atoms with Crippen molar-refractivity contribution < 1.29 is 5.11 Å². The molecule has 1 unspecified atom stereocenters. The van der Waals surface area contributed by atoms with Crippen molar-refractivity contribution in [2.45, 2.75) is 12.0 Å². The molecule has 1 N–H and O–H groups in total. The first-order valence-electron chi connectivity index (χ1n) is 5.73. The van der Waals surface area contributed by atoms with Crippen LogP contribution in [-0.2, 0) is 0 Å². The van der Waals surface area contributed by atoms with Crippen LogP contribution in [0, 0.1) is 22.7 Å². The van der Waals surface area contributed by atoms with Gasteiger partial charge in [-0.3, -0.25) is 4.98 Å². The van der Waals surface area contributed by atoms with E-state index in [0.717, 1.165) is 5.56 Å². The van der Waals surface area contributed by atoms with Gasteiger partial charge < -0.3 is 5.11 Å². The summed E-state index contributed by atoms with van der Waals surface area (Å²) in [5, 5.41) is 28.0. The molecular weight excluding hydrogens is 238 g/mol. The highest BCUT2D eigenvalue weighted by atomic mass is 16.3. The van der Waals surface area contributed by atoms with Crippen LogP contribution in [0.15, 0.2) is 48.8 Å². The molecule has 92 valence electrons. The quantitative estimate of drug-likeness (QED) is 0.904. The van der Waals surface area contributed by atoms with Crippen molar-refractivity contribution >= 4 is 0 Å². The van der Waals surface area contributed by atoms with Gasteiger partial charge in [0.05, 0.1) is 12.1 Å². The summed E-state index contributed by atoms with van der Waals surface area (Å²) in [5.74, 6) is -0.815. The van der Waals surface area contributed by atoms with E-state index in [9.17, 15) is 5.11 Å². The topological polar surface area (TPSA) is 80.7 Å². The number of nitrogens with zero attached hydrogens (tertiary/aromatic N) is 3. The van der Waals surface area contributed by atoms with Crippen LogP contribution < -0.4 is 0 Å². The number of aliphatic hydroxyl groups excluding tert-OH is 1. The van der Waals surface area contributed by atoms with Gasteiger partial charge in [0.1, 0.15) is 6.10 Å². The molecular formula is C15H11N3O. The molecule has 0 aliphatic heterocycles. The summed E-state index contributed by atoms with van der Waals surface area (Å²) < 4.78 is 0. The lowest BCUT2D eigenvalue weighted by Gasteiger charge is -2.12. The summed E-state index contributed by atoms with van der Waals surface area (Å²) in [7, 11) is 0. The normalized spacial score (nSPS) is 11.6.